The predicted octanol–water partition coefficient (Wildman–Crippen LogP) is 2.45. The molecule has 0 saturated heterocycles. The number of hydrogen-bond donors (Lipinski definition) is 0. The van der Waals surface area contributed by atoms with Crippen molar-refractivity contribution in [2.45, 2.75) is 59.0 Å². The van der Waals surface area contributed by atoms with Gasteiger partial charge >= 0.3 is 11.9 Å². The Morgan fingerprint density at radius 3 is 2.31 bits per heavy atom. The highest BCUT2D eigenvalue weighted by molar-refractivity contribution is 5.77. The molecule has 4 nitrogen and oxygen atoms in total. The van der Waals surface area contributed by atoms with Crippen LogP contribution in [-0.2, 0) is 19.1 Å². The maximum absolute atomic E-state index is 11.2. The van der Waals surface area contributed by atoms with E-state index >= 15 is 0 Å². The first-order chi connectivity index (χ1) is 7.60. The van der Waals surface area contributed by atoms with Crippen molar-refractivity contribution in [1.29, 1.82) is 0 Å². The predicted molar refractivity (Wildman–Crippen MR) is 60.9 cm³/mol. The Morgan fingerprint density at radius 1 is 1.12 bits per heavy atom. The second kappa shape index (κ2) is 9.19. The highest BCUT2D eigenvalue weighted by Gasteiger charge is 2.11. The van der Waals surface area contributed by atoms with Gasteiger partial charge in [0, 0.05) is 0 Å². The van der Waals surface area contributed by atoms with Crippen LogP contribution in [0.5, 0.6) is 0 Å². The van der Waals surface area contributed by atoms with Crippen molar-refractivity contribution in [3.05, 3.63) is 0 Å². The van der Waals surface area contributed by atoms with Crippen LogP contribution in [0, 0.1) is 0 Å². The number of rotatable bonds is 8. The van der Waals surface area contributed by atoms with E-state index in [0.29, 0.717) is 6.61 Å². The molecule has 0 amide bonds. The number of hydrogen-bond acceptors (Lipinski definition) is 4. The molecule has 0 fully saturated rings. The average Bonchev–Trinajstić information content (AvgIpc) is 2.26. The third-order valence-electron chi connectivity index (χ3n) is 2.20. The van der Waals surface area contributed by atoms with Crippen LogP contribution in [0.3, 0.4) is 0 Å². The van der Waals surface area contributed by atoms with E-state index in [-0.39, 0.29) is 30.9 Å². The second-order valence-corrected chi connectivity index (χ2v) is 3.78. The Hall–Kier alpha value is -1.06. The van der Waals surface area contributed by atoms with Gasteiger partial charge in [-0.1, -0.05) is 20.3 Å². The SMILES string of the molecule is CCCCOC(=O)CCC(=O)OC(C)CC. The van der Waals surface area contributed by atoms with Gasteiger partial charge in [0.05, 0.1) is 25.6 Å². The minimum atomic E-state index is -0.332. The molecule has 0 radical (unpaired) electrons. The monoisotopic (exact) mass is 230 g/mol. The maximum Gasteiger partial charge on any atom is 0.306 e. The van der Waals surface area contributed by atoms with Crippen LogP contribution >= 0.6 is 0 Å². The summed E-state index contributed by atoms with van der Waals surface area (Å²) in [6.45, 7) is 6.24. The molecule has 94 valence electrons. The molecular formula is C12H22O4. The molecule has 0 N–H and O–H groups in total. The van der Waals surface area contributed by atoms with Crippen molar-refractivity contribution in [2.24, 2.45) is 0 Å². The minimum absolute atomic E-state index is 0.0800. The summed E-state index contributed by atoms with van der Waals surface area (Å²) in [5.41, 5.74) is 0. The molecule has 0 saturated carbocycles. The number of unbranched alkanes of at least 4 members (excludes halogenated alkanes) is 1. The highest BCUT2D eigenvalue weighted by Crippen LogP contribution is 2.02. The van der Waals surface area contributed by atoms with Crippen molar-refractivity contribution in [2.75, 3.05) is 6.61 Å². The third-order valence-corrected chi connectivity index (χ3v) is 2.20. The van der Waals surface area contributed by atoms with Crippen LogP contribution in [-0.4, -0.2) is 24.6 Å². The quantitative estimate of drug-likeness (QED) is 0.475. The van der Waals surface area contributed by atoms with Crippen LogP contribution in [0.1, 0.15) is 52.9 Å². The summed E-state index contributed by atoms with van der Waals surface area (Å²) < 4.78 is 9.95. The fourth-order valence-corrected chi connectivity index (χ4v) is 0.973. The maximum atomic E-state index is 11.2. The first-order valence-electron chi connectivity index (χ1n) is 5.95. The second-order valence-electron chi connectivity index (χ2n) is 3.78. The fraction of sp³-hybridized carbons (Fsp3) is 0.833. The van der Waals surface area contributed by atoms with Crippen molar-refractivity contribution in [3.8, 4) is 0 Å². The average molecular weight is 230 g/mol. The minimum Gasteiger partial charge on any atom is -0.466 e. The van der Waals surface area contributed by atoms with Gasteiger partial charge in [0.2, 0.25) is 0 Å². The zero-order chi connectivity index (χ0) is 12.4. The first kappa shape index (κ1) is 14.9. The molecule has 0 aromatic rings. The lowest BCUT2D eigenvalue weighted by molar-refractivity contribution is -0.153. The van der Waals surface area contributed by atoms with Crippen molar-refractivity contribution >= 4 is 11.9 Å². The Kier molecular flexibility index (Phi) is 8.58. The molecule has 0 heterocycles. The van der Waals surface area contributed by atoms with Crippen LogP contribution in [0.2, 0.25) is 0 Å². The number of esters is 2. The van der Waals surface area contributed by atoms with Crippen LogP contribution in [0.15, 0.2) is 0 Å². The van der Waals surface area contributed by atoms with E-state index in [4.69, 9.17) is 9.47 Å². The third kappa shape index (κ3) is 8.26. The molecule has 0 rings (SSSR count). The zero-order valence-corrected chi connectivity index (χ0v) is 10.5. The summed E-state index contributed by atoms with van der Waals surface area (Å²) in [6, 6.07) is 0. The van der Waals surface area contributed by atoms with Gasteiger partial charge in [0.25, 0.3) is 0 Å². The van der Waals surface area contributed by atoms with Gasteiger partial charge in [-0.3, -0.25) is 9.59 Å². The van der Waals surface area contributed by atoms with Crippen molar-refractivity contribution in [1.82, 2.24) is 0 Å². The van der Waals surface area contributed by atoms with E-state index in [1.54, 1.807) is 0 Å². The van der Waals surface area contributed by atoms with Gasteiger partial charge in [-0.25, -0.2) is 0 Å². The molecule has 16 heavy (non-hydrogen) atoms. The van der Waals surface area contributed by atoms with Gasteiger partial charge in [0.1, 0.15) is 0 Å². The molecule has 1 unspecified atom stereocenters. The Morgan fingerprint density at radius 2 is 1.75 bits per heavy atom. The molecule has 1 atom stereocenters. The Balaban J connectivity index is 3.55. The van der Waals surface area contributed by atoms with Crippen LogP contribution in [0.25, 0.3) is 0 Å². The molecule has 0 aliphatic rings. The topological polar surface area (TPSA) is 52.6 Å². The van der Waals surface area contributed by atoms with Gasteiger partial charge in [-0.05, 0) is 19.8 Å². The van der Waals surface area contributed by atoms with E-state index in [1.165, 1.54) is 0 Å². The molecule has 0 aromatic heterocycles. The fourth-order valence-electron chi connectivity index (χ4n) is 0.973. The smallest absolute Gasteiger partial charge is 0.306 e. The zero-order valence-electron chi connectivity index (χ0n) is 10.5. The standard InChI is InChI=1S/C12H22O4/c1-4-6-9-15-11(13)7-8-12(14)16-10(3)5-2/h10H,4-9H2,1-3H3. The van der Waals surface area contributed by atoms with Gasteiger partial charge < -0.3 is 9.47 Å². The highest BCUT2D eigenvalue weighted by atomic mass is 16.5. The van der Waals surface area contributed by atoms with Gasteiger partial charge in [-0.15, -0.1) is 0 Å². The Bertz CT molecular complexity index is 213. The van der Waals surface area contributed by atoms with Crippen LogP contribution < -0.4 is 0 Å². The van der Waals surface area contributed by atoms with E-state index in [9.17, 15) is 9.59 Å². The van der Waals surface area contributed by atoms with E-state index < -0.39 is 0 Å². The van der Waals surface area contributed by atoms with Crippen LogP contribution in [0.4, 0.5) is 0 Å². The molecule has 0 aliphatic carbocycles. The first-order valence-corrected chi connectivity index (χ1v) is 5.95. The van der Waals surface area contributed by atoms with E-state index in [1.807, 2.05) is 20.8 Å². The van der Waals surface area contributed by atoms with E-state index in [0.717, 1.165) is 19.3 Å². The van der Waals surface area contributed by atoms with Crippen molar-refractivity contribution < 1.29 is 19.1 Å². The molecular weight excluding hydrogens is 208 g/mol. The lowest BCUT2D eigenvalue weighted by Gasteiger charge is -2.10. The van der Waals surface area contributed by atoms with Gasteiger partial charge in [-0.2, -0.15) is 0 Å². The van der Waals surface area contributed by atoms with E-state index in [2.05, 4.69) is 0 Å². The number of ether oxygens (including phenoxy) is 2. The Labute approximate surface area is 97.3 Å². The molecule has 0 aromatic carbocycles. The summed E-state index contributed by atoms with van der Waals surface area (Å²) in [5.74, 6) is -0.656. The molecule has 4 heteroatoms. The summed E-state index contributed by atoms with van der Waals surface area (Å²) >= 11 is 0. The normalized spacial score (nSPS) is 11.9. The number of carbonyl (C=O) groups excluding carboxylic acids is 2. The summed E-state index contributed by atoms with van der Waals surface area (Å²) in [5, 5.41) is 0. The van der Waals surface area contributed by atoms with Crippen molar-refractivity contribution in [3.63, 3.8) is 0 Å². The number of carbonyl (C=O) groups is 2. The largest absolute Gasteiger partial charge is 0.466 e. The molecule has 0 spiro atoms. The lowest BCUT2D eigenvalue weighted by Crippen LogP contribution is -2.15. The summed E-state index contributed by atoms with van der Waals surface area (Å²) in [7, 11) is 0. The summed E-state index contributed by atoms with van der Waals surface area (Å²) in [6.07, 6.45) is 2.77. The van der Waals surface area contributed by atoms with Gasteiger partial charge in [0.15, 0.2) is 0 Å². The lowest BCUT2D eigenvalue weighted by atomic mass is 10.3. The molecule has 0 aliphatic heterocycles. The molecule has 0 bridgehead atoms. The summed E-state index contributed by atoms with van der Waals surface area (Å²) in [4.78, 5) is 22.4.